The summed E-state index contributed by atoms with van der Waals surface area (Å²) in [5.74, 6) is 0.768. The van der Waals surface area contributed by atoms with E-state index in [2.05, 4.69) is 12.1 Å². The highest BCUT2D eigenvalue weighted by Gasteiger charge is 2.55. The van der Waals surface area contributed by atoms with Gasteiger partial charge in [-0.25, -0.2) is 9.97 Å². The molecule has 162 valence electrons. The predicted molar refractivity (Wildman–Crippen MR) is 122 cm³/mol. The zero-order chi connectivity index (χ0) is 22.5. The lowest BCUT2D eigenvalue weighted by Crippen LogP contribution is -2.51. The first-order chi connectivity index (χ1) is 15.5. The van der Waals surface area contributed by atoms with Crippen LogP contribution in [-0.2, 0) is 16.6 Å². The van der Waals surface area contributed by atoms with Gasteiger partial charge in [-0.2, -0.15) is 0 Å². The third-order valence-corrected chi connectivity index (χ3v) is 7.27. The average Bonchev–Trinajstić information content (AvgIpc) is 2.81. The number of fused-ring (bicyclic) bond motifs is 3. The fraction of sp³-hybridized carbons (Fsp3) is 0.296. The van der Waals surface area contributed by atoms with Gasteiger partial charge in [0.05, 0.1) is 17.6 Å². The standard InChI is InChI=1S/C27H26N2O3/c1-16-23-13-12-22-24(18-8-10-21(31)11-9-18)28-17(2)29-26(22)27(23,14-19(15-30)25(16)32)20-6-4-3-5-7-20/h3-11,15-16,23,30-31H,12-14H2,1-2H3/t16-,23-,27+/m0/s1. The van der Waals surface area contributed by atoms with Gasteiger partial charge in [0, 0.05) is 28.0 Å². The maximum atomic E-state index is 13.0. The van der Waals surface area contributed by atoms with Crippen molar-refractivity contribution < 1.29 is 15.0 Å². The molecule has 5 nitrogen and oxygen atoms in total. The number of aliphatic hydroxyl groups excluding tert-OH is 1. The number of aliphatic hydroxyl groups is 1. The van der Waals surface area contributed by atoms with Crippen LogP contribution in [0.3, 0.4) is 0 Å². The van der Waals surface area contributed by atoms with Gasteiger partial charge < -0.3 is 10.2 Å². The van der Waals surface area contributed by atoms with Crippen molar-refractivity contribution in [1.82, 2.24) is 9.97 Å². The Morgan fingerprint density at radius 3 is 2.47 bits per heavy atom. The molecule has 0 bridgehead atoms. The molecule has 2 N–H and O–H groups in total. The monoisotopic (exact) mass is 426 g/mol. The molecule has 0 radical (unpaired) electrons. The number of rotatable bonds is 2. The molecular formula is C27H26N2O3. The van der Waals surface area contributed by atoms with E-state index in [0.717, 1.165) is 47.2 Å². The van der Waals surface area contributed by atoms with Gasteiger partial charge in [-0.3, -0.25) is 4.79 Å². The van der Waals surface area contributed by atoms with Gasteiger partial charge in [0.15, 0.2) is 5.78 Å². The number of allylic oxidation sites excluding steroid dienone is 1. The first-order valence-electron chi connectivity index (χ1n) is 11.1. The van der Waals surface area contributed by atoms with Crippen molar-refractivity contribution in [3.63, 3.8) is 0 Å². The van der Waals surface area contributed by atoms with E-state index < -0.39 is 5.41 Å². The van der Waals surface area contributed by atoms with Crippen molar-refractivity contribution in [2.45, 2.75) is 38.5 Å². The number of phenols is 1. The quantitative estimate of drug-likeness (QED) is 0.442. The van der Waals surface area contributed by atoms with Crippen molar-refractivity contribution >= 4 is 5.78 Å². The summed E-state index contributed by atoms with van der Waals surface area (Å²) in [6.45, 7) is 3.87. The van der Waals surface area contributed by atoms with Gasteiger partial charge in [-0.15, -0.1) is 0 Å². The summed E-state index contributed by atoms with van der Waals surface area (Å²) in [5.41, 5.74) is 4.89. The Labute approximate surface area is 187 Å². The van der Waals surface area contributed by atoms with Crippen molar-refractivity contribution in [1.29, 1.82) is 0 Å². The third-order valence-electron chi connectivity index (χ3n) is 7.27. The van der Waals surface area contributed by atoms with Gasteiger partial charge in [-0.1, -0.05) is 37.3 Å². The van der Waals surface area contributed by atoms with E-state index in [1.165, 1.54) is 0 Å². The highest BCUT2D eigenvalue weighted by Crippen LogP contribution is 2.56. The van der Waals surface area contributed by atoms with Crippen LogP contribution in [0.1, 0.15) is 42.4 Å². The minimum atomic E-state index is -0.518. The summed E-state index contributed by atoms with van der Waals surface area (Å²) in [7, 11) is 0. The molecule has 5 rings (SSSR count). The van der Waals surface area contributed by atoms with E-state index >= 15 is 0 Å². The third kappa shape index (κ3) is 2.95. The predicted octanol–water partition coefficient (Wildman–Crippen LogP) is 5.06. The summed E-state index contributed by atoms with van der Waals surface area (Å²) in [6, 6.07) is 17.4. The van der Waals surface area contributed by atoms with Crippen LogP contribution >= 0.6 is 0 Å². The second-order valence-corrected chi connectivity index (χ2v) is 8.96. The molecule has 0 unspecified atom stereocenters. The normalized spacial score (nSPS) is 25.9. The van der Waals surface area contributed by atoms with Crippen molar-refractivity contribution in [3.8, 4) is 17.0 Å². The highest BCUT2D eigenvalue weighted by atomic mass is 16.3. The molecule has 1 aromatic heterocycles. The minimum absolute atomic E-state index is 0.0250. The maximum absolute atomic E-state index is 13.0. The number of Topliss-reactive ketones (excluding diaryl/α,β-unsaturated/α-hetero) is 1. The second kappa shape index (κ2) is 7.59. The fourth-order valence-corrected chi connectivity index (χ4v) is 5.83. The Morgan fingerprint density at radius 1 is 1.06 bits per heavy atom. The molecule has 0 aliphatic heterocycles. The van der Waals surface area contributed by atoms with Gasteiger partial charge in [-0.05, 0) is 61.9 Å². The topological polar surface area (TPSA) is 83.3 Å². The number of carbonyl (C=O) groups is 1. The summed E-state index contributed by atoms with van der Waals surface area (Å²) < 4.78 is 0. The van der Waals surface area contributed by atoms with Crippen LogP contribution in [0.2, 0.25) is 0 Å². The number of nitrogens with zero attached hydrogens (tertiary/aromatic N) is 2. The van der Waals surface area contributed by atoms with E-state index in [-0.39, 0.29) is 23.4 Å². The van der Waals surface area contributed by atoms with Crippen LogP contribution < -0.4 is 0 Å². The minimum Gasteiger partial charge on any atom is -0.515 e. The van der Waals surface area contributed by atoms with Crippen LogP contribution in [0.15, 0.2) is 66.4 Å². The highest BCUT2D eigenvalue weighted by molar-refractivity contribution is 5.98. The molecule has 1 heterocycles. The number of hydrogen-bond acceptors (Lipinski definition) is 5. The Balaban J connectivity index is 1.82. The summed E-state index contributed by atoms with van der Waals surface area (Å²) in [6.07, 6.45) is 3.02. The molecule has 1 fully saturated rings. The number of ketones is 1. The van der Waals surface area contributed by atoms with E-state index in [1.807, 2.05) is 44.2 Å². The Morgan fingerprint density at radius 2 is 1.78 bits per heavy atom. The lowest BCUT2D eigenvalue weighted by Gasteiger charge is -2.51. The van der Waals surface area contributed by atoms with Crippen LogP contribution in [0, 0.1) is 18.8 Å². The molecule has 2 aliphatic carbocycles. The number of aromatic nitrogens is 2. The van der Waals surface area contributed by atoms with E-state index in [1.54, 1.807) is 12.1 Å². The number of phenolic OH excluding ortho intramolecular Hbond substituents is 1. The van der Waals surface area contributed by atoms with Crippen molar-refractivity contribution in [3.05, 3.63) is 89.1 Å². The largest absolute Gasteiger partial charge is 0.515 e. The number of aromatic hydroxyl groups is 1. The first kappa shape index (κ1) is 20.4. The Kier molecular flexibility index (Phi) is 4.85. The van der Waals surface area contributed by atoms with E-state index in [9.17, 15) is 15.0 Å². The van der Waals surface area contributed by atoms with Crippen LogP contribution in [0.4, 0.5) is 0 Å². The SMILES string of the molecule is Cc1nc(-c2ccc(O)cc2)c2c(n1)[C@@]1(c3ccccc3)CC(=CO)C(=O)[C@@H](C)[C@@H]1CC2. The zero-order valence-electron chi connectivity index (χ0n) is 18.2. The molecule has 3 aromatic rings. The zero-order valence-corrected chi connectivity index (χ0v) is 18.2. The average molecular weight is 427 g/mol. The Hall–Kier alpha value is -3.47. The van der Waals surface area contributed by atoms with E-state index in [0.29, 0.717) is 17.8 Å². The van der Waals surface area contributed by atoms with Gasteiger partial charge in [0.2, 0.25) is 0 Å². The maximum Gasteiger partial charge on any atom is 0.165 e. The molecule has 32 heavy (non-hydrogen) atoms. The molecule has 3 atom stereocenters. The summed E-state index contributed by atoms with van der Waals surface area (Å²) in [4.78, 5) is 22.8. The molecule has 0 saturated heterocycles. The smallest absolute Gasteiger partial charge is 0.165 e. The number of aryl methyl sites for hydroxylation is 1. The first-order valence-corrected chi connectivity index (χ1v) is 11.1. The summed E-state index contributed by atoms with van der Waals surface area (Å²) in [5, 5.41) is 19.7. The molecule has 5 heteroatoms. The number of benzene rings is 2. The molecule has 1 saturated carbocycles. The van der Waals surface area contributed by atoms with E-state index in [4.69, 9.17) is 9.97 Å². The molecule has 2 aliphatic rings. The Bertz CT molecular complexity index is 1220. The van der Waals surface area contributed by atoms with Crippen LogP contribution in [-0.4, -0.2) is 26.0 Å². The fourth-order valence-electron chi connectivity index (χ4n) is 5.83. The van der Waals surface area contributed by atoms with Crippen molar-refractivity contribution in [2.24, 2.45) is 11.8 Å². The lowest BCUT2D eigenvalue weighted by molar-refractivity contribution is -0.123. The van der Waals surface area contributed by atoms with Gasteiger partial charge in [0.25, 0.3) is 0 Å². The molecule has 0 amide bonds. The number of hydrogen-bond donors (Lipinski definition) is 2. The van der Waals surface area contributed by atoms with Gasteiger partial charge >= 0.3 is 0 Å². The number of carbonyl (C=O) groups excluding carboxylic acids is 1. The summed E-state index contributed by atoms with van der Waals surface area (Å²) >= 11 is 0. The van der Waals surface area contributed by atoms with Crippen LogP contribution in [0.5, 0.6) is 5.75 Å². The van der Waals surface area contributed by atoms with Crippen LogP contribution in [0.25, 0.3) is 11.3 Å². The molecule has 0 spiro atoms. The van der Waals surface area contributed by atoms with Crippen molar-refractivity contribution in [2.75, 3.05) is 0 Å². The van der Waals surface area contributed by atoms with Gasteiger partial charge in [0.1, 0.15) is 11.6 Å². The lowest BCUT2D eigenvalue weighted by atomic mass is 9.52. The second-order valence-electron chi connectivity index (χ2n) is 8.96. The molecule has 2 aromatic carbocycles. The molecular weight excluding hydrogens is 400 g/mol.